The van der Waals surface area contributed by atoms with Crippen molar-refractivity contribution in [2.75, 3.05) is 4.90 Å². The van der Waals surface area contributed by atoms with E-state index in [-0.39, 0.29) is 16.8 Å². The van der Waals surface area contributed by atoms with Gasteiger partial charge in [-0.05, 0) is 35.9 Å². The molecule has 2 fully saturated rings. The van der Waals surface area contributed by atoms with Gasteiger partial charge in [0.2, 0.25) is 29.0 Å². The SMILES string of the molecule is O=C1[C@@H]2[C@H](c3ccc(Br)cc3)OC3(C(=O)c4ccccc4C3=O)[C@H]2C(=O)N1c1cccc(F)c1. The Morgan fingerprint density at radius 1 is 0.824 bits per heavy atom. The highest BCUT2D eigenvalue weighted by Crippen LogP contribution is 2.57. The lowest BCUT2D eigenvalue weighted by molar-refractivity contribution is -0.127. The van der Waals surface area contributed by atoms with Crippen molar-refractivity contribution in [3.63, 3.8) is 0 Å². The standard InChI is InChI=1S/C26H15BrFNO5/c27-14-10-8-13(9-11-14)21-19-20(25(33)29(24(19)32)16-5-3-4-15(28)12-16)26(34-21)22(30)17-6-1-2-7-18(17)23(26)31/h1-12,19-21H/t19-,20+,21-/m0/s1. The van der Waals surface area contributed by atoms with E-state index < -0.39 is 52.7 Å². The van der Waals surface area contributed by atoms with E-state index in [4.69, 9.17) is 4.74 Å². The van der Waals surface area contributed by atoms with Crippen LogP contribution in [0.2, 0.25) is 0 Å². The monoisotopic (exact) mass is 519 g/mol. The summed E-state index contributed by atoms with van der Waals surface area (Å²) >= 11 is 3.36. The molecule has 3 atom stereocenters. The van der Waals surface area contributed by atoms with Gasteiger partial charge in [-0.25, -0.2) is 9.29 Å². The van der Waals surface area contributed by atoms with Gasteiger partial charge in [-0.2, -0.15) is 0 Å². The van der Waals surface area contributed by atoms with Crippen LogP contribution in [0.3, 0.4) is 0 Å². The second kappa shape index (κ2) is 7.25. The summed E-state index contributed by atoms with van der Waals surface area (Å²) in [6.07, 6.45) is -1.02. The molecule has 0 bridgehead atoms. The molecule has 6 rings (SSSR count). The number of nitrogens with zero attached hydrogens (tertiary/aromatic N) is 1. The number of amides is 2. The van der Waals surface area contributed by atoms with E-state index in [2.05, 4.69) is 15.9 Å². The van der Waals surface area contributed by atoms with Gasteiger partial charge in [-0.1, -0.05) is 58.4 Å². The third kappa shape index (κ3) is 2.63. The van der Waals surface area contributed by atoms with Crippen LogP contribution in [0.15, 0.2) is 77.3 Å². The molecule has 1 aliphatic carbocycles. The fourth-order valence-corrected chi connectivity index (χ4v) is 5.60. The number of ether oxygens (including phenoxy) is 1. The molecule has 2 saturated heterocycles. The zero-order valence-electron chi connectivity index (χ0n) is 17.4. The second-order valence-corrected chi connectivity index (χ2v) is 9.44. The quantitative estimate of drug-likeness (QED) is 0.372. The van der Waals surface area contributed by atoms with Crippen molar-refractivity contribution < 1.29 is 28.3 Å². The van der Waals surface area contributed by atoms with Crippen LogP contribution < -0.4 is 4.90 Å². The number of hydrogen-bond donors (Lipinski definition) is 0. The van der Waals surface area contributed by atoms with E-state index in [9.17, 15) is 23.6 Å². The van der Waals surface area contributed by atoms with Gasteiger partial charge < -0.3 is 4.74 Å². The lowest BCUT2D eigenvalue weighted by Crippen LogP contribution is -2.51. The van der Waals surface area contributed by atoms with Crippen molar-refractivity contribution in [1.29, 1.82) is 0 Å². The van der Waals surface area contributed by atoms with E-state index in [0.29, 0.717) is 5.56 Å². The van der Waals surface area contributed by atoms with E-state index in [1.165, 1.54) is 30.3 Å². The molecular formula is C26H15BrFNO5. The summed E-state index contributed by atoms with van der Waals surface area (Å²) in [6.45, 7) is 0. The van der Waals surface area contributed by atoms with Gasteiger partial charge in [0, 0.05) is 15.6 Å². The average molecular weight is 520 g/mol. The van der Waals surface area contributed by atoms with Crippen LogP contribution in [-0.2, 0) is 14.3 Å². The number of rotatable bonds is 2. The molecule has 0 N–H and O–H groups in total. The maximum Gasteiger partial charge on any atom is 0.241 e. The Kier molecular flexibility index (Phi) is 4.49. The van der Waals surface area contributed by atoms with Gasteiger partial charge in [-0.15, -0.1) is 0 Å². The Bertz CT molecular complexity index is 1380. The highest BCUT2D eigenvalue weighted by atomic mass is 79.9. The smallest absolute Gasteiger partial charge is 0.241 e. The average Bonchev–Trinajstić information content (AvgIpc) is 3.40. The summed E-state index contributed by atoms with van der Waals surface area (Å²) < 4.78 is 20.9. The van der Waals surface area contributed by atoms with E-state index in [1.807, 2.05) is 0 Å². The Morgan fingerprint density at radius 3 is 2.09 bits per heavy atom. The molecule has 3 aromatic carbocycles. The lowest BCUT2D eigenvalue weighted by Gasteiger charge is -2.27. The second-order valence-electron chi connectivity index (χ2n) is 8.52. The van der Waals surface area contributed by atoms with Crippen LogP contribution in [0.4, 0.5) is 10.1 Å². The van der Waals surface area contributed by atoms with Crippen LogP contribution in [0.25, 0.3) is 0 Å². The molecule has 3 aromatic rings. The molecule has 3 aliphatic rings. The van der Waals surface area contributed by atoms with Crippen LogP contribution in [0, 0.1) is 17.7 Å². The summed E-state index contributed by atoms with van der Waals surface area (Å²) in [4.78, 5) is 55.6. The molecule has 0 unspecified atom stereocenters. The summed E-state index contributed by atoms with van der Waals surface area (Å²) in [5, 5.41) is 0. The first kappa shape index (κ1) is 21.1. The van der Waals surface area contributed by atoms with Gasteiger partial charge in [-0.3, -0.25) is 19.2 Å². The van der Waals surface area contributed by atoms with Gasteiger partial charge in [0.1, 0.15) is 5.82 Å². The molecule has 168 valence electrons. The largest absolute Gasteiger partial charge is 0.349 e. The first-order chi connectivity index (χ1) is 16.3. The predicted molar refractivity (Wildman–Crippen MR) is 122 cm³/mol. The minimum absolute atomic E-state index is 0.0458. The first-order valence-electron chi connectivity index (χ1n) is 10.6. The molecule has 1 spiro atoms. The maximum atomic E-state index is 14.0. The van der Waals surface area contributed by atoms with Crippen LogP contribution in [-0.4, -0.2) is 29.0 Å². The molecule has 0 saturated carbocycles. The predicted octanol–water partition coefficient (Wildman–Crippen LogP) is 4.28. The summed E-state index contributed by atoms with van der Waals surface area (Å²) in [7, 11) is 0. The fraction of sp³-hybridized carbons (Fsp3) is 0.154. The molecule has 2 heterocycles. The number of imide groups is 1. The van der Waals surface area contributed by atoms with Crippen LogP contribution in [0.1, 0.15) is 32.4 Å². The highest BCUT2D eigenvalue weighted by Gasteiger charge is 2.74. The Labute approximate surface area is 201 Å². The van der Waals surface area contributed by atoms with Crippen LogP contribution >= 0.6 is 15.9 Å². The zero-order valence-corrected chi connectivity index (χ0v) is 19.0. The zero-order chi connectivity index (χ0) is 23.8. The minimum atomic E-state index is -2.15. The number of fused-ring (bicyclic) bond motifs is 3. The Morgan fingerprint density at radius 2 is 1.47 bits per heavy atom. The fourth-order valence-electron chi connectivity index (χ4n) is 5.34. The van der Waals surface area contributed by atoms with E-state index in [1.54, 1.807) is 36.4 Å². The molecule has 8 heteroatoms. The third-order valence-electron chi connectivity index (χ3n) is 6.78. The van der Waals surface area contributed by atoms with E-state index in [0.717, 1.165) is 15.4 Å². The maximum absolute atomic E-state index is 14.0. The number of halogens is 2. The number of benzene rings is 3. The third-order valence-corrected chi connectivity index (χ3v) is 7.31. The molecule has 0 radical (unpaired) electrons. The summed E-state index contributed by atoms with van der Waals surface area (Å²) in [5.74, 6) is -5.78. The summed E-state index contributed by atoms with van der Waals surface area (Å²) in [6, 6.07) is 18.3. The van der Waals surface area contributed by atoms with Crippen molar-refractivity contribution >= 4 is 45.0 Å². The number of anilines is 1. The van der Waals surface area contributed by atoms with Gasteiger partial charge in [0.25, 0.3) is 0 Å². The van der Waals surface area contributed by atoms with Crippen molar-refractivity contribution in [2.45, 2.75) is 11.7 Å². The normalized spacial score (nSPS) is 24.8. The minimum Gasteiger partial charge on any atom is -0.349 e. The Hall–Kier alpha value is -3.49. The number of hydrogen-bond acceptors (Lipinski definition) is 5. The number of carbonyl (C=O) groups excluding carboxylic acids is 4. The lowest BCUT2D eigenvalue weighted by atomic mass is 9.77. The van der Waals surface area contributed by atoms with Crippen molar-refractivity contribution in [3.05, 3.63) is 99.8 Å². The summed E-state index contributed by atoms with van der Waals surface area (Å²) in [5.41, 5.74) is -1.24. The molecule has 0 aromatic heterocycles. The number of ketones is 2. The molecular weight excluding hydrogens is 505 g/mol. The van der Waals surface area contributed by atoms with Gasteiger partial charge >= 0.3 is 0 Å². The van der Waals surface area contributed by atoms with E-state index >= 15 is 0 Å². The molecule has 2 aliphatic heterocycles. The highest BCUT2D eigenvalue weighted by molar-refractivity contribution is 9.10. The first-order valence-corrected chi connectivity index (χ1v) is 11.4. The van der Waals surface area contributed by atoms with Gasteiger partial charge in [0.15, 0.2) is 0 Å². The molecule has 6 nitrogen and oxygen atoms in total. The van der Waals surface area contributed by atoms with Gasteiger partial charge in [0.05, 0.1) is 23.6 Å². The van der Waals surface area contributed by atoms with Crippen molar-refractivity contribution in [2.24, 2.45) is 11.8 Å². The van der Waals surface area contributed by atoms with Crippen molar-refractivity contribution in [1.82, 2.24) is 0 Å². The molecule has 2 amide bonds. The van der Waals surface area contributed by atoms with Crippen molar-refractivity contribution in [3.8, 4) is 0 Å². The number of carbonyl (C=O) groups is 4. The number of Topliss-reactive ketones (excluding diaryl/α,β-unsaturated/α-hetero) is 2. The molecule has 34 heavy (non-hydrogen) atoms. The van der Waals surface area contributed by atoms with Crippen LogP contribution in [0.5, 0.6) is 0 Å². The topological polar surface area (TPSA) is 80.8 Å². The Balaban J connectivity index is 1.55.